The van der Waals surface area contributed by atoms with E-state index in [9.17, 15) is 9.18 Å². The number of imidazole rings is 1. The topological polar surface area (TPSA) is 120 Å². The molecule has 10 nitrogen and oxygen atoms in total. The van der Waals surface area contributed by atoms with Gasteiger partial charge in [-0.2, -0.15) is 4.98 Å². The highest BCUT2D eigenvalue weighted by atomic mass is 19.1. The van der Waals surface area contributed by atoms with Gasteiger partial charge in [0.25, 0.3) is 0 Å². The van der Waals surface area contributed by atoms with Crippen LogP contribution in [0.2, 0.25) is 0 Å². The van der Waals surface area contributed by atoms with Crippen LogP contribution in [0.1, 0.15) is 25.5 Å². The summed E-state index contributed by atoms with van der Waals surface area (Å²) < 4.78 is 35.5. The fraction of sp³-hybridized carbons (Fsp3) is 0.417. The van der Waals surface area contributed by atoms with Crippen LogP contribution in [0.4, 0.5) is 4.39 Å². The van der Waals surface area contributed by atoms with Crippen molar-refractivity contribution in [3.05, 3.63) is 48.2 Å². The fourth-order valence-corrected chi connectivity index (χ4v) is 3.61. The molecule has 35 heavy (non-hydrogen) atoms. The van der Waals surface area contributed by atoms with Gasteiger partial charge in [-0.15, -0.1) is 0 Å². The van der Waals surface area contributed by atoms with Gasteiger partial charge >= 0.3 is 6.01 Å². The summed E-state index contributed by atoms with van der Waals surface area (Å²) in [5.41, 5.74) is 1.49. The number of hydrogen-bond acceptors (Lipinski definition) is 8. The SMILES string of the molecule is COCCCNC(=O)C1(C)COC(c2nc(-c3ccc(F)cc3)c(-c3ccnc(OC)n3)[nH]2)OC1. The van der Waals surface area contributed by atoms with Crippen LogP contribution in [-0.4, -0.2) is 66.4 Å². The second-order valence-electron chi connectivity index (χ2n) is 8.40. The number of nitrogens with one attached hydrogen (secondary N) is 2. The zero-order valence-corrected chi connectivity index (χ0v) is 19.8. The number of nitrogens with zero attached hydrogens (tertiary/aromatic N) is 3. The fourth-order valence-electron chi connectivity index (χ4n) is 3.61. The number of amides is 1. The number of rotatable bonds is 9. The second kappa shape index (κ2) is 10.9. The molecule has 0 bridgehead atoms. The molecule has 1 fully saturated rings. The van der Waals surface area contributed by atoms with Crippen molar-refractivity contribution in [1.82, 2.24) is 25.3 Å². The molecule has 0 radical (unpaired) electrons. The van der Waals surface area contributed by atoms with Crippen molar-refractivity contribution >= 4 is 5.91 Å². The minimum absolute atomic E-state index is 0.146. The van der Waals surface area contributed by atoms with Crippen LogP contribution in [0.5, 0.6) is 6.01 Å². The quantitative estimate of drug-likeness (QED) is 0.444. The second-order valence-corrected chi connectivity index (χ2v) is 8.40. The predicted molar refractivity (Wildman–Crippen MR) is 124 cm³/mol. The summed E-state index contributed by atoms with van der Waals surface area (Å²) in [6, 6.07) is 7.88. The van der Waals surface area contributed by atoms with Gasteiger partial charge in [0.1, 0.15) is 5.82 Å². The first-order chi connectivity index (χ1) is 16.9. The number of methoxy groups -OCH3 is 2. The lowest BCUT2D eigenvalue weighted by Crippen LogP contribution is -2.48. The first kappa shape index (κ1) is 24.7. The zero-order chi connectivity index (χ0) is 24.8. The molecule has 0 spiro atoms. The smallest absolute Gasteiger partial charge is 0.316 e. The Kier molecular flexibility index (Phi) is 7.69. The number of ether oxygens (including phenoxy) is 4. The summed E-state index contributed by atoms with van der Waals surface area (Å²) in [4.78, 5) is 29.0. The molecule has 2 N–H and O–H groups in total. The first-order valence-corrected chi connectivity index (χ1v) is 11.2. The lowest BCUT2D eigenvalue weighted by molar-refractivity contribution is -0.231. The molecule has 2 aromatic heterocycles. The third kappa shape index (κ3) is 5.64. The van der Waals surface area contributed by atoms with Crippen LogP contribution in [0.25, 0.3) is 22.6 Å². The van der Waals surface area contributed by atoms with Gasteiger partial charge in [-0.25, -0.2) is 14.4 Å². The lowest BCUT2D eigenvalue weighted by Gasteiger charge is -2.35. The normalized spacial score (nSPS) is 19.9. The Labute approximate surface area is 202 Å². The average Bonchev–Trinajstić information content (AvgIpc) is 3.33. The minimum Gasteiger partial charge on any atom is -0.467 e. The number of halogens is 1. The molecule has 0 unspecified atom stereocenters. The van der Waals surface area contributed by atoms with Crippen LogP contribution >= 0.6 is 0 Å². The number of aromatic nitrogens is 4. The third-order valence-electron chi connectivity index (χ3n) is 5.60. The van der Waals surface area contributed by atoms with Crippen LogP contribution < -0.4 is 10.1 Å². The highest BCUT2D eigenvalue weighted by Gasteiger charge is 2.40. The number of aromatic amines is 1. The summed E-state index contributed by atoms with van der Waals surface area (Å²) in [5.74, 6) is -0.0970. The molecule has 1 aromatic carbocycles. The Balaban J connectivity index is 1.55. The van der Waals surface area contributed by atoms with Gasteiger partial charge in [0.2, 0.25) is 12.2 Å². The van der Waals surface area contributed by atoms with Crippen molar-refractivity contribution < 1.29 is 28.1 Å². The molecule has 3 heterocycles. The highest BCUT2D eigenvalue weighted by Crippen LogP contribution is 2.35. The summed E-state index contributed by atoms with van der Waals surface area (Å²) in [6.45, 7) is 3.17. The van der Waals surface area contributed by atoms with E-state index < -0.39 is 11.7 Å². The molecule has 0 aliphatic carbocycles. The molecule has 0 atom stereocenters. The van der Waals surface area contributed by atoms with E-state index in [0.29, 0.717) is 41.6 Å². The van der Waals surface area contributed by atoms with Crippen molar-refractivity contribution in [2.24, 2.45) is 5.41 Å². The van der Waals surface area contributed by atoms with Crippen molar-refractivity contribution in [1.29, 1.82) is 0 Å². The van der Waals surface area contributed by atoms with Gasteiger partial charge in [-0.1, -0.05) is 0 Å². The van der Waals surface area contributed by atoms with Gasteiger partial charge < -0.3 is 29.2 Å². The molecule has 1 saturated heterocycles. The van der Waals surface area contributed by atoms with Crippen molar-refractivity contribution in [3.63, 3.8) is 0 Å². The maximum absolute atomic E-state index is 13.5. The molecular weight excluding hydrogens is 457 g/mol. The number of hydrogen-bond donors (Lipinski definition) is 2. The Morgan fingerprint density at radius 3 is 2.63 bits per heavy atom. The van der Waals surface area contributed by atoms with Crippen LogP contribution in [0.3, 0.4) is 0 Å². The molecule has 11 heteroatoms. The highest BCUT2D eigenvalue weighted by molar-refractivity contribution is 5.82. The van der Waals surface area contributed by atoms with Gasteiger partial charge in [0, 0.05) is 32.0 Å². The van der Waals surface area contributed by atoms with Crippen molar-refractivity contribution in [3.8, 4) is 28.7 Å². The minimum atomic E-state index is -0.835. The number of carbonyl (C=O) groups excluding carboxylic acids is 1. The Morgan fingerprint density at radius 2 is 1.94 bits per heavy atom. The van der Waals surface area contributed by atoms with Crippen molar-refractivity contribution in [2.75, 3.05) is 40.6 Å². The molecular formula is C24H28FN5O5. The molecule has 1 amide bonds. The third-order valence-corrected chi connectivity index (χ3v) is 5.60. The van der Waals surface area contributed by atoms with E-state index in [4.69, 9.17) is 18.9 Å². The van der Waals surface area contributed by atoms with Crippen LogP contribution in [0, 0.1) is 11.2 Å². The maximum atomic E-state index is 13.5. The number of benzene rings is 1. The summed E-state index contributed by atoms with van der Waals surface area (Å²) in [7, 11) is 3.10. The monoisotopic (exact) mass is 485 g/mol. The Bertz CT molecular complexity index is 1150. The largest absolute Gasteiger partial charge is 0.467 e. The van der Waals surface area contributed by atoms with E-state index in [1.807, 2.05) is 0 Å². The lowest BCUT2D eigenvalue weighted by atomic mass is 9.91. The Hall–Kier alpha value is -3.41. The van der Waals surface area contributed by atoms with E-state index in [1.165, 1.54) is 19.2 Å². The van der Waals surface area contributed by atoms with E-state index >= 15 is 0 Å². The average molecular weight is 486 g/mol. The zero-order valence-electron chi connectivity index (χ0n) is 19.8. The van der Waals surface area contributed by atoms with Crippen molar-refractivity contribution in [2.45, 2.75) is 19.6 Å². The molecule has 4 rings (SSSR count). The molecule has 1 aliphatic heterocycles. The summed E-state index contributed by atoms with van der Waals surface area (Å²) in [5, 5.41) is 2.89. The van der Waals surface area contributed by atoms with Gasteiger partial charge in [-0.05, 0) is 43.7 Å². The van der Waals surface area contributed by atoms with E-state index in [0.717, 1.165) is 6.42 Å². The Morgan fingerprint density at radius 1 is 1.20 bits per heavy atom. The van der Waals surface area contributed by atoms with E-state index in [1.54, 1.807) is 38.4 Å². The predicted octanol–water partition coefficient (Wildman–Crippen LogP) is 2.89. The molecule has 186 valence electrons. The standard InChI is InChI=1S/C24H28FN5O5/c1-24(22(31)26-10-4-12-32-2)13-34-21(35-14-24)20-29-18(15-5-7-16(25)8-6-15)19(30-20)17-9-11-27-23(28-17)33-3/h5-9,11,21H,4,10,12-14H2,1-3H3,(H,26,31)(H,29,30). The molecule has 1 aliphatic rings. The summed E-state index contributed by atoms with van der Waals surface area (Å²) in [6.07, 6.45) is 1.47. The van der Waals surface area contributed by atoms with Gasteiger partial charge in [0.15, 0.2) is 5.82 Å². The van der Waals surface area contributed by atoms with Crippen LogP contribution in [0.15, 0.2) is 36.5 Å². The summed E-state index contributed by atoms with van der Waals surface area (Å²) >= 11 is 0. The first-order valence-electron chi connectivity index (χ1n) is 11.2. The number of H-pyrrole nitrogens is 1. The van der Waals surface area contributed by atoms with Gasteiger partial charge in [0.05, 0.1) is 42.8 Å². The van der Waals surface area contributed by atoms with Crippen LogP contribution in [-0.2, 0) is 19.0 Å². The molecule has 3 aromatic rings. The van der Waals surface area contributed by atoms with Gasteiger partial charge in [-0.3, -0.25) is 4.79 Å². The van der Waals surface area contributed by atoms with E-state index in [2.05, 4.69) is 25.3 Å². The van der Waals surface area contributed by atoms with E-state index in [-0.39, 0.29) is 30.9 Å². The number of carbonyl (C=O) groups is 1. The molecule has 0 saturated carbocycles. The maximum Gasteiger partial charge on any atom is 0.316 e.